The van der Waals surface area contributed by atoms with Gasteiger partial charge in [0, 0.05) is 0 Å². The second-order valence-corrected chi connectivity index (χ2v) is 4.49. The van der Waals surface area contributed by atoms with E-state index in [1.165, 1.54) is 19.3 Å². The lowest BCUT2D eigenvalue weighted by Gasteiger charge is -2.32. The predicted octanol–water partition coefficient (Wildman–Crippen LogP) is 2.35. The zero-order chi connectivity index (χ0) is 7.41. The van der Waals surface area contributed by atoms with Crippen LogP contribution < -0.4 is 0 Å². The van der Waals surface area contributed by atoms with Crippen molar-refractivity contribution in [3.05, 3.63) is 0 Å². The molecule has 1 nitrogen and oxygen atoms in total. The predicted molar refractivity (Wildman–Crippen MR) is 40.9 cm³/mol. The summed E-state index contributed by atoms with van der Waals surface area (Å²) in [6, 6.07) is 0. The Hall–Kier alpha value is -0.0400. The molecule has 0 N–H and O–H groups in total. The Kier molecular flexibility index (Phi) is 1.05. The second kappa shape index (κ2) is 1.58. The zero-order valence-electron chi connectivity index (χ0n) is 7.11. The maximum Gasteiger partial charge on any atom is 0.0970 e. The number of hydrogen-bond donors (Lipinski definition) is 0. The molecule has 0 radical (unpaired) electrons. The molecule has 10 heavy (non-hydrogen) atoms. The van der Waals surface area contributed by atoms with Gasteiger partial charge in [-0.1, -0.05) is 20.3 Å². The molecule has 1 saturated carbocycles. The van der Waals surface area contributed by atoms with Crippen LogP contribution in [0, 0.1) is 5.41 Å². The lowest BCUT2D eigenvalue weighted by Crippen LogP contribution is -2.35. The largest absolute Gasteiger partial charge is 0.366 e. The SMILES string of the molecule is CC1(C)CCCC2OC21C. The Bertz CT molecular complexity index is 159. The van der Waals surface area contributed by atoms with Crippen molar-refractivity contribution < 1.29 is 4.74 Å². The highest BCUT2D eigenvalue weighted by Gasteiger charge is 2.62. The van der Waals surface area contributed by atoms with Crippen LogP contribution >= 0.6 is 0 Å². The van der Waals surface area contributed by atoms with Gasteiger partial charge in [-0.25, -0.2) is 0 Å². The lowest BCUT2D eigenvalue weighted by molar-refractivity contribution is 0.141. The van der Waals surface area contributed by atoms with Gasteiger partial charge in [-0.2, -0.15) is 0 Å². The minimum atomic E-state index is 0.241. The summed E-state index contributed by atoms with van der Waals surface area (Å²) in [4.78, 5) is 0. The third-order valence-electron chi connectivity index (χ3n) is 3.56. The number of ether oxygens (including phenoxy) is 1. The molecule has 0 bridgehead atoms. The van der Waals surface area contributed by atoms with Crippen molar-refractivity contribution >= 4 is 0 Å². The second-order valence-electron chi connectivity index (χ2n) is 4.49. The van der Waals surface area contributed by atoms with Gasteiger partial charge in [0.1, 0.15) is 0 Å². The van der Waals surface area contributed by atoms with Gasteiger partial charge in [-0.15, -0.1) is 0 Å². The van der Waals surface area contributed by atoms with E-state index in [4.69, 9.17) is 4.74 Å². The van der Waals surface area contributed by atoms with Gasteiger partial charge in [0.25, 0.3) is 0 Å². The maximum absolute atomic E-state index is 5.68. The van der Waals surface area contributed by atoms with Crippen LogP contribution in [0.25, 0.3) is 0 Å². The Balaban J connectivity index is 2.21. The van der Waals surface area contributed by atoms with Crippen molar-refractivity contribution in [3.63, 3.8) is 0 Å². The molecule has 0 aromatic heterocycles. The van der Waals surface area contributed by atoms with Crippen molar-refractivity contribution in [2.75, 3.05) is 0 Å². The lowest BCUT2D eigenvalue weighted by atomic mass is 9.69. The van der Waals surface area contributed by atoms with Gasteiger partial charge < -0.3 is 4.74 Å². The minimum absolute atomic E-state index is 0.241. The fraction of sp³-hybridized carbons (Fsp3) is 1.00. The molecule has 1 heterocycles. The van der Waals surface area contributed by atoms with E-state index in [-0.39, 0.29) is 5.60 Å². The molecule has 0 aromatic rings. The van der Waals surface area contributed by atoms with Crippen LogP contribution in [-0.4, -0.2) is 11.7 Å². The molecule has 1 aliphatic heterocycles. The Morgan fingerprint density at radius 3 is 2.50 bits per heavy atom. The maximum atomic E-state index is 5.68. The molecule has 58 valence electrons. The van der Waals surface area contributed by atoms with E-state index in [0.717, 1.165) is 0 Å². The van der Waals surface area contributed by atoms with Crippen LogP contribution in [0.3, 0.4) is 0 Å². The standard InChI is InChI=1S/C9H16O/c1-8(2)6-4-5-7-9(8,3)10-7/h7H,4-6H2,1-3H3. The first-order valence-electron chi connectivity index (χ1n) is 4.24. The molecular weight excluding hydrogens is 124 g/mol. The highest BCUT2D eigenvalue weighted by atomic mass is 16.6. The summed E-state index contributed by atoms with van der Waals surface area (Å²) in [6.07, 6.45) is 4.57. The molecule has 1 aliphatic carbocycles. The van der Waals surface area contributed by atoms with Crippen LogP contribution in [0.4, 0.5) is 0 Å². The first kappa shape index (κ1) is 6.66. The summed E-state index contributed by atoms with van der Waals surface area (Å²) in [7, 11) is 0. The smallest absolute Gasteiger partial charge is 0.0970 e. The summed E-state index contributed by atoms with van der Waals surface area (Å²) in [5, 5.41) is 0. The average molecular weight is 140 g/mol. The van der Waals surface area contributed by atoms with E-state index in [9.17, 15) is 0 Å². The molecule has 0 spiro atoms. The topological polar surface area (TPSA) is 12.5 Å². The summed E-state index contributed by atoms with van der Waals surface area (Å²) in [5.41, 5.74) is 0.668. The van der Waals surface area contributed by atoms with E-state index >= 15 is 0 Å². The van der Waals surface area contributed by atoms with E-state index in [1.807, 2.05) is 0 Å². The van der Waals surface area contributed by atoms with Crippen molar-refractivity contribution in [1.82, 2.24) is 0 Å². The number of epoxide rings is 1. The number of fused-ring (bicyclic) bond motifs is 1. The molecular formula is C9H16O. The monoisotopic (exact) mass is 140 g/mol. The minimum Gasteiger partial charge on any atom is -0.366 e. The fourth-order valence-electron chi connectivity index (χ4n) is 2.17. The average Bonchev–Trinajstić information content (AvgIpc) is 2.42. The van der Waals surface area contributed by atoms with E-state index in [2.05, 4.69) is 20.8 Å². The van der Waals surface area contributed by atoms with Crippen LogP contribution in [0.2, 0.25) is 0 Å². The van der Waals surface area contributed by atoms with Gasteiger partial charge in [-0.05, 0) is 25.2 Å². The third kappa shape index (κ3) is 0.619. The zero-order valence-corrected chi connectivity index (χ0v) is 7.11. The fourth-order valence-corrected chi connectivity index (χ4v) is 2.17. The highest BCUT2D eigenvalue weighted by molar-refractivity contribution is 5.10. The normalized spacial score (nSPS) is 50.1. The van der Waals surface area contributed by atoms with Gasteiger partial charge in [0.05, 0.1) is 11.7 Å². The van der Waals surface area contributed by atoms with Crippen molar-refractivity contribution in [3.8, 4) is 0 Å². The van der Waals surface area contributed by atoms with E-state index in [1.54, 1.807) is 0 Å². The van der Waals surface area contributed by atoms with Crippen LogP contribution in [0.15, 0.2) is 0 Å². The van der Waals surface area contributed by atoms with Gasteiger partial charge in [-0.3, -0.25) is 0 Å². The summed E-state index contributed by atoms with van der Waals surface area (Å²) in [6.45, 7) is 6.91. The molecule has 0 amide bonds. The van der Waals surface area contributed by atoms with E-state index in [0.29, 0.717) is 11.5 Å². The molecule has 2 atom stereocenters. The van der Waals surface area contributed by atoms with Gasteiger partial charge in [0.2, 0.25) is 0 Å². The Morgan fingerprint density at radius 1 is 1.30 bits per heavy atom. The Morgan fingerprint density at radius 2 is 2.00 bits per heavy atom. The first-order chi connectivity index (χ1) is 4.56. The van der Waals surface area contributed by atoms with Gasteiger partial charge in [0.15, 0.2) is 0 Å². The molecule has 1 heteroatoms. The van der Waals surface area contributed by atoms with Crippen molar-refractivity contribution in [2.45, 2.75) is 51.7 Å². The van der Waals surface area contributed by atoms with Crippen molar-refractivity contribution in [1.29, 1.82) is 0 Å². The molecule has 2 rings (SSSR count). The summed E-state index contributed by atoms with van der Waals surface area (Å²) >= 11 is 0. The van der Waals surface area contributed by atoms with Crippen LogP contribution in [-0.2, 0) is 4.74 Å². The molecule has 0 aromatic carbocycles. The van der Waals surface area contributed by atoms with Gasteiger partial charge >= 0.3 is 0 Å². The summed E-state index contributed by atoms with van der Waals surface area (Å²) < 4.78 is 5.68. The highest BCUT2D eigenvalue weighted by Crippen LogP contribution is 2.57. The molecule has 2 aliphatic rings. The molecule has 2 unspecified atom stereocenters. The number of hydrogen-bond acceptors (Lipinski definition) is 1. The van der Waals surface area contributed by atoms with Crippen molar-refractivity contribution in [2.24, 2.45) is 5.41 Å². The Labute approximate surface area is 62.8 Å². The van der Waals surface area contributed by atoms with Crippen LogP contribution in [0.1, 0.15) is 40.0 Å². The number of rotatable bonds is 0. The first-order valence-corrected chi connectivity index (χ1v) is 4.24. The third-order valence-corrected chi connectivity index (χ3v) is 3.56. The van der Waals surface area contributed by atoms with Crippen LogP contribution in [0.5, 0.6) is 0 Å². The molecule has 2 fully saturated rings. The molecule has 1 saturated heterocycles. The quantitative estimate of drug-likeness (QED) is 0.470. The summed E-state index contributed by atoms with van der Waals surface area (Å²) in [5.74, 6) is 0. The van der Waals surface area contributed by atoms with E-state index < -0.39 is 0 Å².